The van der Waals surface area contributed by atoms with E-state index in [1.807, 2.05) is 0 Å². The SMILES string of the molecule is Cc1ccc(C(c2ccc(C)cc2)c2cc(N(c3ccc(C)cc3)c3ccc(C)cc3)cc3c2C(C)(C)c2c-3cc(N(c3ccc(C)cc3)c3cccc(C)c3)cc2N(c2ccc(C)cc2)c2ccc(C)cc2)cc1. The highest BCUT2D eigenvalue weighted by molar-refractivity contribution is 5.97. The Morgan fingerprint density at radius 1 is 0.280 bits per heavy atom. The molecule has 1 aliphatic rings. The summed E-state index contributed by atoms with van der Waals surface area (Å²) in [5, 5.41) is 0. The van der Waals surface area contributed by atoms with Crippen LogP contribution in [0.25, 0.3) is 11.1 Å². The molecule has 75 heavy (non-hydrogen) atoms. The third-order valence-electron chi connectivity index (χ3n) is 15.4. The topological polar surface area (TPSA) is 9.72 Å². The Balaban J connectivity index is 1.30. The Bertz CT molecular complexity index is 3520. The normalized spacial score (nSPS) is 12.4. The van der Waals surface area contributed by atoms with Crippen LogP contribution in [0.4, 0.5) is 51.2 Å². The van der Waals surface area contributed by atoms with Crippen molar-refractivity contribution in [3.63, 3.8) is 0 Å². The van der Waals surface area contributed by atoms with Crippen LogP contribution in [0.1, 0.15) is 92.1 Å². The lowest BCUT2D eigenvalue weighted by atomic mass is 9.73. The Morgan fingerprint density at radius 2 is 0.613 bits per heavy atom. The molecule has 0 bridgehead atoms. The molecule has 3 nitrogen and oxygen atoms in total. The van der Waals surface area contributed by atoms with Crippen LogP contribution in [0.15, 0.2) is 218 Å². The zero-order valence-corrected chi connectivity index (χ0v) is 45.2. The molecule has 0 heterocycles. The van der Waals surface area contributed by atoms with Crippen molar-refractivity contribution in [2.45, 2.75) is 80.6 Å². The predicted octanol–water partition coefficient (Wildman–Crippen LogP) is 20.0. The molecule has 1 aliphatic carbocycles. The molecule has 0 aliphatic heterocycles. The fourth-order valence-corrected chi connectivity index (χ4v) is 11.5. The van der Waals surface area contributed by atoms with Gasteiger partial charge in [-0.05, 0) is 197 Å². The van der Waals surface area contributed by atoms with Gasteiger partial charge in [-0.25, -0.2) is 0 Å². The van der Waals surface area contributed by atoms with Crippen molar-refractivity contribution in [3.8, 4) is 11.1 Å². The number of benzene rings is 10. The summed E-state index contributed by atoms with van der Waals surface area (Å²) in [6.45, 7) is 22.4. The van der Waals surface area contributed by atoms with Gasteiger partial charge in [-0.1, -0.05) is 174 Å². The van der Waals surface area contributed by atoms with Crippen LogP contribution < -0.4 is 14.7 Å². The van der Waals surface area contributed by atoms with E-state index in [2.05, 4.69) is 302 Å². The average molecular weight is 974 g/mol. The Labute approximate surface area is 446 Å². The first-order chi connectivity index (χ1) is 36.2. The fraction of sp³-hybridized carbons (Fsp3) is 0.167. The van der Waals surface area contributed by atoms with E-state index in [1.165, 1.54) is 83.5 Å². The molecule has 0 atom stereocenters. The van der Waals surface area contributed by atoms with E-state index in [-0.39, 0.29) is 5.92 Å². The zero-order chi connectivity index (χ0) is 52.1. The van der Waals surface area contributed by atoms with E-state index >= 15 is 0 Å². The fourth-order valence-electron chi connectivity index (χ4n) is 11.5. The number of aryl methyl sites for hydroxylation is 8. The number of hydrogen-bond acceptors (Lipinski definition) is 3. The van der Waals surface area contributed by atoms with Gasteiger partial charge >= 0.3 is 0 Å². The molecule has 11 rings (SSSR count). The molecule has 370 valence electrons. The highest BCUT2D eigenvalue weighted by Gasteiger charge is 2.44. The standard InChI is InChI=1S/C72H67N3/c1-47-14-28-55(29-15-47)69(56-30-16-48(2)17-31-56)67-45-63(73(57-32-18-49(3)19-33-57)58-34-20-50(4)21-35-58)43-65-66-44-64(74(59-36-22-51(5)23-37-59)62-13-11-12-54(8)42-62)46-68(71(66)72(9,10)70(65)67)75(60-38-24-52(6)25-39-60)61-40-26-53(7)27-41-61/h11-46,69H,1-10H3. The van der Waals surface area contributed by atoms with Crippen LogP contribution in [0, 0.1) is 55.4 Å². The number of nitrogens with zero attached hydrogens (tertiary/aromatic N) is 3. The van der Waals surface area contributed by atoms with Crippen LogP contribution in [0.2, 0.25) is 0 Å². The zero-order valence-electron chi connectivity index (χ0n) is 45.2. The molecule has 0 aromatic heterocycles. The molecule has 0 saturated carbocycles. The monoisotopic (exact) mass is 974 g/mol. The van der Waals surface area contributed by atoms with Gasteiger partial charge in [-0.2, -0.15) is 0 Å². The summed E-state index contributed by atoms with van der Waals surface area (Å²) in [5.74, 6) is -0.0871. The lowest BCUT2D eigenvalue weighted by molar-refractivity contribution is 0.649. The minimum absolute atomic E-state index is 0.0871. The Morgan fingerprint density at radius 3 is 1.00 bits per heavy atom. The first kappa shape index (κ1) is 48.8. The van der Waals surface area contributed by atoms with Gasteiger partial charge in [-0.3, -0.25) is 0 Å². The molecule has 0 amide bonds. The molecule has 10 aromatic rings. The molecule has 0 unspecified atom stereocenters. The van der Waals surface area contributed by atoms with Crippen molar-refractivity contribution >= 4 is 51.2 Å². The minimum atomic E-state index is -0.496. The van der Waals surface area contributed by atoms with E-state index in [9.17, 15) is 0 Å². The van der Waals surface area contributed by atoms with Crippen LogP contribution in [0.5, 0.6) is 0 Å². The molecule has 0 spiro atoms. The minimum Gasteiger partial charge on any atom is -0.310 e. The van der Waals surface area contributed by atoms with Crippen molar-refractivity contribution in [1.82, 2.24) is 0 Å². The lowest BCUT2D eigenvalue weighted by Crippen LogP contribution is -2.24. The second-order valence-corrected chi connectivity index (χ2v) is 21.7. The first-order valence-corrected chi connectivity index (χ1v) is 26.5. The quantitative estimate of drug-likeness (QED) is 0.113. The van der Waals surface area contributed by atoms with Gasteiger partial charge in [0.15, 0.2) is 0 Å². The summed E-state index contributed by atoms with van der Waals surface area (Å²) in [7, 11) is 0. The van der Waals surface area contributed by atoms with Gasteiger partial charge in [0, 0.05) is 56.8 Å². The van der Waals surface area contributed by atoms with E-state index in [0.29, 0.717) is 0 Å². The number of anilines is 9. The Hall–Kier alpha value is -8.40. The van der Waals surface area contributed by atoms with Crippen LogP contribution in [0.3, 0.4) is 0 Å². The maximum Gasteiger partial charge on any atom is 0.0529 e. The number of fused-ring (bicyclic) bond motifs is 3. The molecular weight excluding hydrogens is 907 g/mol. The lowest BCUT2D eigenvalue weighted by Gasteiger charge is -2.35. The number of hydrogen-bond donors (Lipinski definition) is 0. The molecule has 10 aromatic carbocycles. The third kappa shape index (κ3) is 9.45. The van der Waals surface area contributed by atoms with E-state index in [0.717, 1.165) is 51.2 Å². The summed E-state index contributed by atoms with van der Waals surface area (Å²) in [4.78, 5) is 7.44. The van der Waals surface area contributed by atoms with Gasteiger partial charge in [0.05, 0.1) is 5.69 Å². The third-order valence-corrected chi connectivity index (χ3v) is 15.4. The van der Waals surface area contributed by atoms with Gasteiger partial charge < -0.3 is 14.7 Å². The largest absolute Gasteiger partial charge is 0.310 e. The van der Waals surface area contributed by atoms with Gasteiger partial charge in [-0.15, -0.1) is 0 Å². The Kier molecular flexibility index (Phi) is 12.9. The summed E-state index contributed by atoms with van der Waals surface area (Å²) in [6, 6.07) is 82.6. The molecule has 0 fully saturated rings. The van der Waals surface area contributed by atoms with Crippen molar-refractivity contribution in [2.75, 3.05) is 14.7 Å². The summed E-state index contributed by atoms with van der Waals surface area (Å²) < 4.78 is 0. The van der Waals surface area contributed by atoms with Gasteiger partial charge in [0.2, 0.25) is 0 Å². The predicted molar refractivity (Wildman–Crippen MR) is 320 cm³/mol. The molecule has 0 N–H and O–H groups in total. The van der Waals surface area contributed by atoms with Crippen molar-refractivity contribution in [1.29, 1.82) is 0 Å². The summed E-state index contributed by atoms with van der Waals surface area (Å²) >= 11 is 0. The molecule has 3 heteroatoms. The average Bonchev–Trinajstić information content (AvgIpc) is 3.68. The van der Waals surface area contributed by atoms with Crippen molar-refractivity contribution in [3.05, 3.63) is 291 Å². The highest BCUT2D eigenvalue weighted by atomic mass is 15.2. The van der Waals surface area contributed by atoms with Gasteiger partial charge in [0.1, 0.15) is 0 Å². The van der Waals surface area contributed by atoms with E-state index in [1.54, 1.807) is 0 Å². The van der Waals surface area contributed by atoms with Crippen molar-refractivity contribution in [2.24, 2.45) is 0 Å². The second kappa shape index (κ2) is 19.8. The second-order valence-electron chi connectivity index (χ2n) is 21.7. The van der Waals surface area contributed by atoms with E-state index in [4.69, 9.17) is 0 Å². The smallest absolute Gasteiger partial charge is 0.0529 e. The highest BCUT2D eigenvalue weighted by Crippen LogP contribution is 2.60. The van der Waals surface area contributed by atoms with E-state index < -0.39 is 5.41 Å². The maximum absolute atomic E-state index is 2.53. The molecular formula is C72H67N3. The summed E-state index contributed by atoms with van der Waals surface area (Å²) in [6.07, 6.45) is 0. The van der Waals surface area contributed by atoms with Crippen LogP contribution in [-0.4, -0.2) is 0 Å². The molecule has 0 saturated heterocycles. The molecule has 0 radical (unpaired) electrons. The first-order valence-electron chi connectivity index (χ1n) is 26.5. The van der Waals surface area contributed by atoms with Gasteiger partial charge in [0.25, 0.3) is 0 Å². The summed E-state index contributed by atoms with van der Waals surface area (Å²) in [5.41, 5.74) is 28.2. The number of rotatable bonds is 12. The van der Waals surface area contributed by atoms with Crippen LogP contribution >= 0.6 is 0 Å². The van der Waals surface area contributed by atoms with Crippen LogP contribution in [-0.2, 0) is 5.41 Å². The maximum atomic E-state index is 2.53. The van der Waals surface area contributed by atoms with Crippen molar-refractivity contribution < 1.29 is 0 Å².